The van der Waals surface area contributed by atoms with E-state index in [1.54, 1.807) is 12.1 Å². The second-order valence-corrected chi connectivity index (χ2v) is 7.24. The van der Waals surface area contributed by atoms with E-state index in [0.717, 1.165) is 28.1 Å². The van der Waals surface area contributed by atoms with E-state index < -0.39 is 0 Å². The lowest BCUT2D eigenvalue weighted by atomic mass is 10.1. The molecule has 0 saturated heterocycles. The Balaban J connectivity index is 1.70. The third-order valence-electron chi connectivity index (χ3n) is 4.73. The minimum absolute atomic E-state index is 0.229. The summed E-state index contributed by atoms with van der Waals surface area (Å²) in [6.07, 6.45) is 0. The molecule has 0 amide bonds. The zero-order valence-electron chi connectivity index (χ0n) is 16.9. The Hall–Kier alpha value is -3.86. The monoisotopic (exact) mass is 394 g/mol. The van der Waals surface area contributed by atoms with Crippen molar-refractivity contribution in [2.45, 2.75) is 20.4 Å². The Morgan fingerprint density at radius 2 is 1.43 bits per heavy atom. The van der Waals surface area contributed by atoms with Crippen LogP contribution >= 0.6 is 0 Å². The van der Waals surface area contributed by atoms with Gasteiger partial charge in [0, 0.05) is 11.1 Å². The van der Waals surface area contributed by atoms with E-state index in [-0.39, 0.29) is 5.75 Å². The zero-order valence-corrected chi connectivity index (χ0v) is 16.9. The quantitative estimate of drug-likeness (QED) is 0.397. The van der Waals surface area contributed by atoms with E-state index in [2.05, 4.69) is 70.4 Å². The zero-order chi connectivity index (χ0) is 20.9. The summed E-state index contributed by atoms with van der Waals surface area (Å²) >= 11 is 0. The SMILES string of the molecule is Cc1ccc(-c2cc(-c3cccc(C)c3)nc(N=NCc3ccc(O)cc3)n2)cc1. The minimum atomic E-state index is 0.229. The highest BCUT2D eigenvalue weighted by atomic mass is 16.3. The second-order valence-electron chi connectivity index (χ2n) is 7.24. The van der Waals surface area contributed by atoms with Crippen molar-refractivity contribution in [3.63, 3.8) is 0 Å². The molecular weight excluding hydrogens is 372 g/mol. The smallest absolute Gasteiger partial charge is 0.269 e. The van der Waals surface area contributed by atoms with Gasteiger partial charge >= 0.3 is 0 Å². The predicted octanol–water partition coefficient (Wildman–Crippen LogP) is 6.42. The summed E-state index contributed by atoms with van der Waals surface area (Å²) in [4.78, 5) is 9.24. The van der Waals surface area contributed by atoms with Crippen LogP contribution in [0.2, 0.25) is 0 Å². The highest BCUT2D eigenvalue weighted by molar-refractivity contribution is 5.69. The molecule has 1 N–H and O–H groups in total. The number of rotatable bonds is 5. The first-order valence-corrected chi connectivity index (χ1v) is 9.75. The molecular formula is C25H22N4O. The summed E-state index contributed by atoms with van der Waals surface area (Å²) in [5.41, 5.74) is 6.94. The fourth-order valence-electron chi connectivity index (χ4n) is 3.09. The summed E-state index contributed by atoms with van der Waals surface area (Å²) in [5.74, 6) is 0.552. The maximum absolute atomic E-state index is 9.40. The van der Waals surface area contributed by atoms with Gasteiger partial charge in [0.25, 0.3) is 5.95 Å². The number of hydrogen-bond acceptors (Lipinski definition) is 5. The highest BCUT2D eigenvalue weighted by Crippen LogP contribution is 2.27. The van der Waals surface area contributed by atoms with Crippen molar-refractivity contribution >= 4 is 5.95 Å². The van der Waals surface area contributed by atoms with Crippen LogP contribution in [-0.2, 0) is 6.54 Å². The average Bonchev–Trinajstić information content (AvgIpc) is 2.75. The summed E-state index contributed by atoms with van der Waals surface area (Å²) in [6, 6.07) is 25.3. The first kappa shape index (κ1) is 19.5. The van der Waals surface area contributed by atoms with Crippen LogP contribution in [0.3, 0.4) is 0 Å². The van der Waals surface area contributed by atoms with Gasteiger partial charge in [0.05, 0.1) is 17.9 Å². The first-order valence-electron chi connectivity index (χ1n) is 9.75. The molecule has 5 heteroatoms. The lowest BCUT2D eigenvalue weighted by molar-refractivity contribution is 0.475. The maximum atomic E-state index is 9.40. The number of aryl methyl sites for hydroxylation is 2. The van der Waals surface area contributed by atoms with Crippen molar-refractivity contribution in [1.82, 2.24) is 9.97 Å². The molecule has 0 atom stereocenters. The molecule has 0 fully saturated rings. The molecule has 1 aromatic heterocycles. The van der Waals surface area contributed by atoms with E-state index in [1.807, 2.05) is 30.3 Å². The third kappa shape index (κ3) is 4.75. The van der Waals surface area contributed by atoms with Crippen molar-refractivity contribution in [1.29, 1.82) is 0 Å². The lowest BCUT2D eigenvalue weighted by Crippen LogP contribution is -1.92. The van der Waals surface area contributed by atoms with Crippen LogP contribution in [0.5, 0.6) is 5.75 Å². The van der Waals surface area contributed by atoms with Crippen LogP contribution in [0.1, 0.15) is 16.7 Å². The molecule has 0 aliphatic carbocycles. The summed E-state index contributed by atoms with van der Waals surface area (Å²) < 4.78 is 0. The van der Waals surface area contributed by atoms with Crippen LogP contribution in [0.25, 0.3) is 22.5 Å². The fourth-order valence-corrected chi connectivity index (χ4v) is 3.09. The van der Waals surface area contributed by atoms with Crippen LogP contribution in [0, 0.1) is 13.8 Å². The van der Waals surface area contributed by atoms with Gasteiger partial charge in [-0.15, -0.1) is 5.11 Å². The van der Waals surface area contributed by atoms with Gasteiger partial charge in [-0.25, -0.2) is 9.97 Å². The summed E-state index contributed by atoms with van der Waals surface area (Å²) in [7, 11) is 0. The molecule has 0 radical (unpaired) electrons. The van der Waals surface area contributed by atoms with Crippen LogP contribution in [0.4, 0.5) is 5.95 Å². The van der Waals surface area contributed by atoms with Crippen molar-refractivity contribution < 1.29 is 5.11 Å². The van der Waals surface area contributed by atoms with E-state index in [9.17, 15) is 5.11 Å². The number of phenolic OH excluding ortho intramolecular Hbond substituents is 1. The van der Waals surface area contributed by atoms with Crippen molar-refractivity contribution in [2.24, 2.45) is 10.2 Å². The Morgan fingerprint density at radius 1 is 0.733 bits per heavy atom. The van der Waals surface area contributed by atoms with Crippen LogP contribution < -0.4 is 0 Å². The summed E-state index contributed by atoms with van der Waals surface area (Å²) in [5, 5.41) is 17.9. The normalized spacial score (nSPS) is 11.1. The molecule has 30 heavy (non-hydrogen) atoms. The fraction of sp³-hybridized carbons (Fsp3) is 0.120. The number of aromatic hydroxyl groups is 1. The topological polar surface area (TPSA) is 70.7 Å². The van der Waals surface area contributed by atoms with Gasteiger partial charge in [0.15, 0.2) is 0 Å². The predicted molar refractivity (Wildman–Crippen MR) is 119 cm³/mol. The average molecular weight is 394 g/mol. The highest BCUT2D eigenvalue weighted by Gasteiger charge is 2.09. The molecule has 5 nitrogen and oxygen atoms in total. The van der Waals surface area contributed by atoms with Gasteiger partial charge in [-0.1, -0.05) is 65.7 Å². The number of hydrogen-bond donors (Lipinski definition) is 1. The first-order chi connectivity index (χ1) is 14.6. The van der Waals surface area contributed by atoms with Crippen molar-refractivity contribution in [3.8, 4) is 28.3 Å². The molecule has 0 unspecified atom stereocenters. The third-order valence-corrected chi connectivity index (χ3v) is 4.73. The number of aromatic nitrogens is 2. The molecule has 4 rings (SSSR count). The maximum Gasteiger partial charge on any atom is 0.269 e. The van der Waals surface area contributed by atoms with Gasteiger partial charge in [-0.3, -0.25) is 0 Å². The van der Waals surface area contributed by atoms with Crippen molar-refractivity contribution in [3.05, 3.63) is 95.6 Å². The molecule has 0 aliphatic rings. The van der Waals surface area contributed by atoms with Gasteiger partial charge in [-0.2, -0.15) is 5.11 Å². The lowest BCUT2D eigenvalue weighted by Gasteiger charge is -2.07. The molecule has 4 aromatic rings. The minimum Gasteiger partial charge on any atom is -0.508 e. The molecule has 1 heterocycles. The number of benzene rings is 3. The van der Waals surface area contributed by atoms with Gasteiger partial charge in [0.1, 0.15) is 5.75 Å². The second kappa shape index (κ2) is 8.66. The molecule has 0 bridgehead atoms. The molecule has 148 valence electrons. The standard InChI is InChI=1S/C25H22N4O/c1-17-6-10-20(11-7-17)23-15-24(21-5-3-4-18(2)14-21)28-25(27-23)29-26-16-19-8-12-22(30)13-9-19/h3-15,30H,16H2,1-2H3. The largest absolute Gasteiger partial charge is 0.508 e. The van der Waals surface area contributed by atoms with E-state index >= 15 is 0 Å². The van der Waals surface area contributed by atoms with Gasteiger partial charge in [0.2, 0.25) is 0 Å². The molecule has 0 saturated carbocycles. The molecule has 0 aliphatic heterocycles. The molecule has 3 aromatic carbocycles. The Bertz CT molecular complexity index is 1180. The van der Waals surface area contributed by atoms with E-state index in [4.69, 9.17) is 0 Å². The Morgan fingerprint density at radius 3 is 2.13 bits per heavy atom. The van der Waals surface area contributed by atoms with Gasteiger partial charge in [-0.05, 0) is 43.7 Å². The van der Waals surface area contributed by atoms with Crippen molar-refractivity contribution in [2.75, 3.05) is 0 Å². The van der Waals surface area contributed by atoms with Crippen LogP contribution in [0.15, 0.2) is 89.1 Å². The number of azo groups is 1. The summed E-state index contributed by atoms with van der Waals surface area (Å²) in [6.45, 7) is 4.51. The van der Waals surface area contributed by atoms with Gasteiger partial charge < -0.3 is 5.11 Å². The number of nitrogens with zero attached hydrogens (tertiary/aromatic N) is 4. The Kier molecular flexibility index (Phi) is 5.61. The van der Waals surface area contributed by atoms with E-state index in [0.29, 0.717) is 12.5 Å². The molecule has 0 spiro atoms. The Labute approximate surface area is 175 Å². The number of phenols is 1. The van der Waals surface area contributed by atoms with E-state index in [1.165, 1.54) is 11.1 Å². The van der Waals surface area contributed by atoms with Crippen LogP contribution in [-0.4, -0.2) is 15.1 Å².